The lowest BCUT2D eigenvalue weighted by atomic mass is 9.83. The molecular weight excluding hydrogens is 595 g/mol. The SMILES string of the molecule is CN(C)c1ccc(S(=O)(=O)N2CCCN(CC3CCCCC3)CCCN(S(=O)(=O)N3CCC(C)(C)CC3)CC3(CC3)C2)cc1. The van der Waals surface area contributed by atoms with Crippen LogP contribution < -0.4 is 4.90 Å². The Kier molecular flexibility index (Phi) is 10.7. The van der Waals surface area contributed by atoms with E-state index in [1.54, 1.807) is 25.0 Å². The summed E-state index contributed by atoms with van der Waals surface area (Å²) in [7, 11) is -3.49. The predicted molar refractivity (Wildman–Crippen MR) is 179 cm³/mol. The topological polar surface area (TPSA) is 84.5 Å². The smallest absolute Gasteiger partial charge is 0.281 e. The molecule has 1 spiro atoms. The summed E-state index contributed by atoms with van der Waals surface area (Å²) in [6.45, 7) is 9.95. The number of sulfonamides is 1. The lowest BCUT2D eigenvalue weighted by Crippen LogP contribution is -2.52. The Morgan fingerprint density at radius 2 is 1.27 bits per heavy atom. The van der Waals surface area contributed by atoms with Gasteiger partial charge in [-0.2, -0.15) is 21.3 Å². The third-order valence-electron chi connectivity index (χ3n) is 10.7. The third-order valence-corrected chi connectivity index (χ3v) is 14.5. The zero-order valence-corrected chi connectivity index (χ0v) is 29.3. The van der Waals surface area contributed by atoms with E-state index >= 15 is 0 Å². The number of hydrogen-bond donors (Lipinski definition) is 0. The predicted octanol–water partition coefficient (Wildman–Crippen LogP) is 4.87. The molecule has 2 saturated heterocycles. The van der Waals surface area contributed by atoms with Crippen LogP contribution in [-0.2, 0) is 20.2 Å². The quantitative estimate of drug-likeness (QED) is 0.419. The first-order valence-electron chi connectivity index (χ1n) is 17.1. The van der Waals surface area contributed by atoms with Crippen LogP contribution in [0, 0.1) is 16.7 Å². The largest absolute Gasteiger partial charge is 0.378 e. The molecule has 2 heterocycles. The van der Waals surface area contributed by atoms with E-state index in [1.807, 2.05) is 31.1 Å². The van der Waals surface area contributed by atoms with Crippen LogP contribution >= 0.6 is 0 Å². The van der Waals surface area contributed by atoms with Crippen molar-refractivity contribution in [3.8, 4) is 0 Å². The van der Waals surface area contributed by atoms with Crippen molar-refractivity contribution >= 4 is 25.9 Å². The van der Waals surface area contributed by atoms with Gasteiger partial charge in [0, 0.05) is 65.6 Å². The molecule has 0 N–H and O–H groups in total. The normalized spacial score (nSPS) is 25.7. The van der Waals surface area contributed by atoms with E-state index in [2.05, 4.69) is 18.7 Å². The van der Waals surface area contributed by atoms with Gasteiger partial charge in [0.2, 0.25) is 10.0 Å². The summed E-state index contributed by atoms with van der Waals surface area (Å²) in [6, 6.07) is 7.14. The maximum atomic E-state index is 14.2. The summed E-state index contributed by atoms with van der Waals surface area (Å²) >= 11 is 0. The van der Waals surface area contributed by atoms with Gasteiger partial charge in [-0.3, -0.25) is 0 Å². The number of anilines is 1. The average molecular weight is 652 g/mol. The first-order chi connectivity index (χ1) is 20.8. The molecule has 4 aliphatic rings. The fourth-order valence-corrected chi connectivity index (χ4v) is 10.7. The van der Waals surface area contributed by atoms with Crippen LogP contribution in [0.2, 0.25) is 0 Å². The van der Waals surface area contributed by atoms with Gasteiger partial charge in [-0.15, -0.1) is 0 Å². The van der Waals surface area contributed by atoms with Crippen LogP contribution in [0.25, 0.3) is 0 Å². The van der Waals surface area contributed by atoms with Gasteiger partial charge in [0.05, 0.1) is 4.90 Å². The molecule has 0 amide bonds. The first kappa shape index (κ1) is 34.1. The van der Waals surface area contributed by atoms with Gasteiger partial charge in [0.1, 0.15) is 0 Å². The second kappa shape index (κ2) is 13.9. The van der Waals surface area contributed by atoms with Crippen LogP contribution in [0.3, 0.4) is 0 Å². The molecule has 4 fully saturated rings. The Labute approximate surface area is 268 Å². The molecule has 0 bridgehead atoms. The van der Waals surface area contributed by atoms with Crippen molar-refractivity contribution in [2.45, 2.75) is 89.4 Å². The lowest BCUT2D eigenvalue weighted by molar-refractivity contribution is 0.166. The lowest BCUT2D eigenvalue weighted by Gasteiger charge is -2.40. The minimum Gasteiger partial charge on any atom is -0.378 e. The molecule has 0 unspecified atom stereocenters. The van der Waals surface area contributed by atoms with Gasteiger partial charge in [-0.1, -0.05) is 33.1 Å². The van der Waals surface area contributed by atoms with Gasteiger partial charge in [-0.05, 0) is 105 Å². The van der Waals surface area contributed by atoms with Crippen molar-refractivity contribution in [2.24, 2.45) is 16.7 Å². The van der Waals surface area contributed by atoms with Gasteiger partial charge in [0.25, 0.3) is 10.2 Å². The van der Waals surface area contributed by atoms with Gasteiger partial charge < -0.3 is 9.80 Å². The monoisotopic (exact) mass is 651 g/mol. The highest BCUT2D eigenvalue weighted by atomic mass is 32.2. The van der Waals surface area contributed by atoms with Gasteiger partial charge >= 0.3 is 0 Å². The van der Waals surface area contributed by atoms with Crippen LogP contribution in [0.1, 0.15) is 84.5 Å². The standard InChI is InChI=1S/C33H57N5O4S2/c1-32(2)18-24-36(25-19-32)44(41,42)38-23-9-21-35(26-29-10-6-5-7-11-29)20-8-22-37(27-33(28-38)16-17-33)43(39,40)31-14-12-30(13-15-31)34(3)4/h12-15,29H,5-11,16-28H2,1-4H3. The number of hydrogen-bond acceptors (Lipinski definition) is 6. The minimum atomic E-state index is -3.74. The van der Waals surface area contributed by atoms with Crippen molar-refractivity contribution in [1.82, 2.24) is 17.8 Å². The Hall–Kier alpha value is -1.24. The van der Waals surface area contributed by atoms with E-state index in [9.17, 15) is 16.8 Å². The Morgan fingerprint density at radius 1 is 0.705 bits per heavy atom. The van der Waals surface area contributed by atoms with Crippen LogP contribution in [0.5, 0.6) is 0 Å². The van der Waals surface area contributed by atoms with E-state index in [0.717, 1.165) is 63.8 Å². The summed E-state index contributed by atoms with van der Waals surface area (Å²) in [5, 5.41) is 0. The molecule has 1 aromatic rings. The van der Waals surface area contributed by atoms with Crippen LogP contribution in [0.4, 0.5) is 5.69 Å². The molecule has 2 aliphatic carbocycles. The Bertz CT molecular complexity index is 1300. The number of nitrogens with zero attached hydrogens (tertiary/aromatic N) is 5. The molecule has 2 aliphatic heterocycles. The molecule has 2 saturated carbocycles. The molecule has 0 radical (unpaired) electrons. The van der Waals surface area contributed by atoms with Gasteiger partial charge in [0.15, 0.2) is 0 Å². The highest BCUT2D eigenvalue weighted by Crippen LogP contribution is 2.48. The zero-order chi connectivity index (χ0) is 31.6. The van der Waals surface area contributed by atoms with Crippen molar-refractivity contribution in [1.29, 1.82) is 0 Å². The fourth-order valence-electron chi connectivity index (χ4n) is 7.37. The molecule has 9 nitrogen and oxygen atoms in total. The van der Waals surface area contributed by atoms with Crippen molar-refractivity contribution in [2.75, 3.05) is 77.9 Å². The van der Waals surface area contributed by atoms with Crippen LogP contribution in [0.15, 0.2) is 29.2 Å². The Morgan fingerprint density at radius 3 is 1.84 bits per heavy atom. The number of rotatable bonds is 7. The van der Waals surface area contributed by atoms with E-state index in [0.29, 0.717) is 50.1 Å². The molecule has 250 valence electrons. The average Bonchev–Trinajstić information content (AvgIpc) is 3.74. The number of piperidine rings is 1. The summed E-state index contributed by atoms with van der Waals surface area (Å²) in [4.78, 5) is 4.77. The highest BCUT2D eigenvalue weighted by Gasteiger charge is 2.49. The van der Waals surface area contributed by atoms with Crippen molar-refractivity contribution in [3.63, 3.8) is 0 Å². The van der Waals surface area contributed by atoms with E-state index in [-0.39, 0.29) is 10.8 Å². The van der Waals surface area contributed by atoms with E-state index < -0.39 is 20.2 Å². The maximum absolute atomic E-state index is 14.2. The molecule has 11 heteroatoms. The van der Waals surface area contributed by atoms with E-state index in [1.165, 1.54) is 32.1 Å². The highest BCUT2D eigenvalue weighted by molar-refractivity contribution is 7.89. The minimum absolute atomic E-state index is 0.158. The summed E-state index contributed by atoms with van der Waals surface area (Å²) in [6.07, 6.45) is 11.4. The molecule has 44 heavy (non-hydrogen) atoms. The maximum Gasteiger partial charge on any atom is 0.281 e. The second-order valence-electron chi connectivity index (χ2n) is 15.1. The second-order valence-corrected chi connectivity index (χ2v) is 19.0. The van der Waals surface area contributed by atoms with Crippen molar-refractivity contribution in [3.05, 3.63) is 24.3 Å². The summed E-state index contributed by atoms with van der Waals surface area (Å²) in [5.41, 5.74) is 0.779. The third kappa shape index (κ3) is 8.37. The fraction of sp³-hybridized carbons (Fsp3) is 0.818. The zero-order valence-electron chi connectivity index (χ0n) is 27.7. The molecule has 0 aromatic heterocycles. The molecule has 5 rings (SSSR count). The van der Waals surface area contributed by atoms with Crippen LogP contribution in [-0.4, -0.2) is 108 Å². The molecular formula is C33H57N5O4S2. The Balaban J connectivity index is 1.40. The summed E-state index contributed by atoms with van der Waals surface area (Å²) in [5.74, 6) is 0.679. The summed E-state index contributed by atoms with van der Waals surface area (Å²) < 4.78 is 61.7. The molecule has 1 aromatic carbocycles. The number of benzene rings is 1. The molecule has 0 atom stereocenters. The van der Waals surface area contributed by atoms with E-state index in [4.69, 9.17) is 0 Å². The van der Waals surface area contributed by atoms with Crippen molar-refractivity contribution < 1.29 is 16.8 Å². The van der Waals surface area contributed by atoms with Gasteiger partial charge in [-0.25, -0.2) is 8.42 Å². The first-order valence-corrected chi connectivity index (χ1v) is 19.9.